The average molecular weight is 507 g/mol. The van der Waals surface area contributed by atoms with Gasteiger partial charge in [-0.3, -0.25) is 4.79 Å². The number of nitrogens with zero attached hydrogens (tertiary/aromatic N) is 2. The van der Waals surface area contributed by atoms with Gasteiger partial charge in [-0.2, -0.15) is 5.10 Å². The maximum atomic E-state index is 13.2. The number of hydrogen-bond acceptors (Lipinski definition) is 4. The molecule has 4 aromatic rings. The number of thiophene rings is 1. The monoisotopic (exact) mass is 505 g/mol. The van der Waals surface area contributed by atoms with Crippen LogP contribution in [0.5, 0.6) is 5.75 Å². The van der Waals surface area contributed by atoms with Gasteiger partial charge in [-0.25, -0.2) is 4.68 Å². The zero-order valence-electron chi connectivity index (χ0n) is 17.2. The molecule has 0 spiro atoms. The van der Waals surface area contributed by atoms with Crippen molar-refractivity contribution in [2.24, 2.45) is 0 Å². The minimum absolute atomic E-state index is 0.314. The lowest BCUT2D eigenvalue weighted by atomic mass is 10.1. The highest BCUT2D eigenvalue weighted by atomic mass is 35.5. The summed E-state index contributed by atoms with van der Waals surface area (Å²) in [4.78, 5) is 14.1. The predicted octanol–water partition coefficient (Wildman–Crippen LogP) is 7.38. The number of methoxy groups -OCH3 is 1. The average Bonchev–Trinajstić information content (AvgIpc) is 3.37. The molecule has 0 aliphatic rings. The molecule has 0 atom stereocenters. The SMILES string of the molecule is CCc1c(C(=O)Nc2ccc(OC)cc2)nn(-c2ccc(Cl)cc2Cl)c1-c1ccc(Cl)s1. The molecule has 0 unspecified atom stereocenters. The number of carbonyl (C=O) groups excluding carboxylic acids is 1. The second kappa shape index (κ2) is 9.55. The van der Waals surface area contributed by atoms with Crippen molar-refractivity contribution in [3.63, 3.8) is 0 Å². The van der Waals surface area contributed by atoms with Crippen LogP contribution in [0.1, 0.15) is 23.0 Å². The maximum Gasteiger partial charge on any atom is 0.276 e. The molecule has 4 rings (SSSR count). The topological polar surface area (TPSA) is 56.1 Å². The first-order valence-corrected chi connectivity index (χ1v) is 11.6. The quantitative estimate of drug-likeness (QED) is 0.297. The number of rotatable bonds is 6. The first-order valence-electron chi connectivity index (χ1n) is 9.69. The molecule has 2 aromatic carbocycles. The molecule has 9 heteroatoms. The normalized spacial score (nSPS) is 10.9. The van der Waals surface area contributed by atoms with E-state index in [2.05, 4.69) is 10.4 Å². The highest BCUT2D eigenvalue weighted by Gasteiger charge is 2.25. The van der Waals surface area contributed by atoms with E-state index in [9.17, 15) is 4.79 Å². The molecule has 1 N–H and O–H groups in total. The molecular weight excluding hydrogens is 489 g/mol. The van der Waals surface area contributed by atoms with Gasteiger partial charge in [0.25, 0.3) is 5.91 Å². The van der Waals surface area contributed by atoms with Crippen molar-refractivity contribution >= 4 is 57.7 Å². The first-order chi connectivity index (χ1) is 15.4. The molecule has 2 heterocycles. The Labute approximate surface area is 204 Å². The number of hydrogen-bond donors (Lipinski definition) is 1. The Morgan fingerprint density at radius 3 is 2.44 bits per heavy atom. The van der Waals surface area contributed by atoms with E-state index in [4.69, 9.17) is 39.5 Å². The van der Waals surface area contributed by atoms with Crippen molar-refractivity contribution in [2.75, 3.05) is 12.4 Å². The smallest absolute Gasteiger partial charge is 0.276 e. The molecule has 0 saturated heterocycles. The van der Waals surface area contributed by atoms with Crippen molar-refractivity contribution in [1.82, 2.24) is 9.78 Å². The van der Waals surface area contributed by atoms with E-state index in [-0.39, 0.29) is 5.91 Å². The number of anilines is 1. The van der Waals surface area contributed by atoms with Gasteiger partial charge in [0.05, 0.1) is 32.7 Å². The van der Waals surface area contributed by atoms with Gasteiger partial charge >= 0.3 is 0 Å². The van der Waals surface area contributed by atoms with Gasteiger partial charge in [0, 0.05) is 16.3 Å². The van der Waals surface area contributed by atoms with Crippen LogP contribution >= 0.6 is 46.1 Å². The minimum Gasteiger partial charge on any atom is -0.497 e. The third kappa shape index (κ3) is 4.50. The Kier molecular flexibility index (Phi) is 6.76. The molecule has 2 aromatic heterocycles. The summed E-state index contributed by atoms with van der Waals surface area (Å²) >= 11 is 20.2. The largest absolute Gasteiger partial charge is 0.497 e. The van der Waals surface area contributed by atoms with Crippen molar-refractivity contribution in [3.05, 3.63) is 80.2 Å². The standard InChI is InChI=1S/C23H18Cl3N3O2S/c1-3-16-21(23(30)27-14-5-7-15(31-2)8-6-14)28-29(18-9-4-13(24)12-17(18)25)22(16)19-10-11-20(26)32-19/h4-12H,3H2,1-2H3,(H,27,30). The predicted molar refractivity (Wildman–Crippen MR) is 132 cm³/mol. The third-order valence-electron chi connectivity index (χ3n) is 4.84. The van der Waals surface area contributed by atoms with Crippen LogP contribution in [0.2, 0.25) is 14.4 Å². The number of nitrogens with one attached hydrogen (secondary N) is 1. The van der Waals surface area contributed by atoms with E-state index in [1.807, 2.05) is 19.1 Å². The molecule has 164 valence electrons. The van der Waals surface area contributed by atoms with Crippen LogP contribution in [0.4, 0.5) is 5.69 Å². The Morgan fingerprint density at radius 1 is 1.09 bits per heavy atom. The van der Waals surface area contributed by atoms with Crippen LogP contribution in [0, 0.1) is 0 Å². The number of benzene rings is 2. The molecule has 0 bridgehead atoms. The number of aromatic nitrogens is 2. The van der Waals surface area contributed by atoms with E-state index in [0.29, 0.717) is 43.6 Å². The lowest BCUT2D eigenvalue weighted by Gasteiger charge is -2.09. The number of amides is 1. The van der Waals surface area contributed by atoms with E-state index < -0.39 is 0 Å². The second-order valence-electron chi connectivity index (χ2n) is 6.82. The van der Waals surface area contributed by atoms with Gasteiger partial charge in [0.1, 0.15) is 5.75 Å². The van der Waals surface area contributed by atoms with Gasteiger partial charge in [0.15, 0.2) is 5.69 Å². The van der Waals surface area contributed by atoms with Gasteiger partial charge in [-0.05, 0) is 61.0 Å². The molecular formula is C23H18Cl3N3O2S. The Morgan fingerprint density at radius 2 is 1.84 bits per heavy atom. The molecule has 0 radical (unpaired) electrons. The zero-order valence-corrected chi connectivity index (χ0v) is 20.2. The molecule has 0 saturated carbocycles. The van der Waals surface area contributed by atoms with E-state index in [0.717, 1.165) is 16.1 Å². The summed E-state index contributed by atoms with van der Waals surface area (Å²) in [6, 6.07) is 16.0. The third-order valence-corrected chi connectivity index (χ3v) is 6.62. The number of carbonyl (C=O) groups is 1. The van der Waals surface area contributed by atoms with Crippen molar-refractivity contribution < 1.29 is 9.53 Å². The number of halogens is 3. The first kappa shape index (κ1) is 22.7. The van der Waals surface area contributed by atoms with Crippen LogP contribution < -0.4 is 10.1 Å². The highest BCUT2D eigenvalue weighted by Crippen LogP contribution is 2.38. The van der Waals surface area contributed by atoms with Gasteiger partial charge < -0.3 is 10.1 Å². The van der Waals surface area contributed by atoms with Crippen molar-refractivity contribution in [2.45, 2.75) is 13.3 Å². The fourth-order valence-corrected chi connectivity index (χ4v) is 4.94. The van der Waals surface area contributed by atoms with Gasteiger partial charge in [-0.1, -0.05) is 41.7 Å². The summed E-state index contributed by atoms with van der Waals surface area (Å²) in [6.07, 6.45) is 0.585. The van der Waals surface area contributed by atoms with Crippen molar-refractivity contribution in [3.8, 4) is 22.0 Å². The van der Waals surface area contributed by atoms with Crippen LogP contribution in [0.25, 0.3) is 16.3 Å². The Hall–Kier alpha value is -2.51. The van der Waals surface area contributed by atoms with Crippen molar-refractivity contribution in [1.29, 1.82) is 0 Å². The van der Waals surface area contributed by atoms with Crippen LogP contribution in [-0.4, -0.2) is 22.8 Å². The van der Waals surface area contributed by atoms with Gasteiger partial charge in [0.2, 0.25) is 0 Å². The lowest BCUT2D eigenvalue weighted by Crippen LogP contribution is -2.14. The fraction of sp³-hybridized carbons (Fsp3) is 0.130. The van der Waals surface area contributed by atoms with E-state index in [1.165, 1.54) is 11.3 Å². The van der Waals surface area contributed by atoms with Crippen LogP contribution in [-0.2, 0) is 6.42 Å². The minimum atomic E-state index is -0.320. The van der Waals surface area contributed by atoms with Crippen LogP contribution in [0.15, 0.2) is 54.6 Å². The fourth-order valence-electron chi connectivity index (χ4n) is 3.35. The number of ether oxygens (including phenoxy) is 1. The highest BCUT2D eigenvalue weighted by molar-refractivity contribution is 7.19. The molecule has 0 aliphatic carbocycles. The summed E-state index contributed by atoms with van der Waals surface area (Å²) in [7, 11) is 1.59. The molecule has 5 nitrogen and oxygen atoms in total. The second-order valence-corrected chi connectivity index (χ2v) is 9.38. The van der Waals surface area contributed by atoms with Crippen LogP contribution in [0.3, 0.4) is 0 Å². The summed E-state index contributed by atoms with van der Waals surface area (Å²) in [5.41, 5.74) is 3.13. The van der Waals surface area contributed by atoms with E-state index >= 15 is 0 Å². The maximum absolute atomic E-state index is 13.2. The molecule has 0 fully saturated rings. The Balaban J connectivity index is 1.83. The summed E-state index contributed by atoms with van der Waals surface area (Å²) in [6.45, 7) is 1.98. The molecule has 1 amide bonds. The summed E-state index contributed by atoms with van der Waals surface area (Å²) < 4.78 is 7.50. The lowest BCUT2D eigenvalue weighted by molar-refractivity contribution is 0.102. The molecule has 0 aliphatic heterocycles. The summed E-state index contributed by atoms with van der Waals surface area (Å²) in [5, 5.41) is 8.52. The summed E-state index contributed by atoms with van der Waals surface area (Å²) in [5.74, 6) is 0.385. The van der Waals surface area contributed by atoms with Gasteiger partial charge in [-0.15, -0.1) is 11.3 Å². The zero-order chi connectivity index (χ0) is 22.8. The van der Waals surface area contributed by atoms with E-state index in [1.54, 1.807) is 54.3 Å². The Bertz CT molecular complexity index is 1280. The molecule has 32 heavy (non-hydrogen) atoms.